The summed E-state index contributed by atoms with van der Waals surface area (Å²) in [7, 11) is 1.59. The van der Waals surface area contributed by atoms with Crippen LogP contribution in [-0.2, 0) is 0 Å². The van der Waals surface area contributed by atoms with Gasteiger partial charge in [-0.25, -0.2) is 5.43 Å². The molecule has 0 aliphatic heterocycles. The summed E-state index contributed by atoms with van der Waals surface area (Å²) in [5, 5.41) is 4.31. The van der Waals surface area contributed by atoms with E-state index in [9.17, 15) is 4.79 Å². The molecular weight excluding hydrogens is 356 g/mol. The first-order valence-electron chi connectivity index (χ1n) is 7.45. The number of hydrogen-bond acceptors (Lipinski definition) is 3. The Kier molecular flexibility index (Phi) is 5.77. The fourth-order valence-electron chi connectivity index (χ4n) is 2.41. The molecule has 1 aliphatic rings. The smallest absolute Gasteiger partial charge is 0.271 e. The summed E-state index contributed by atoms with van der Waals surface area (Å²) in [5.74, 6) is 0.832. The van der Waals surface area contributed by atoms with E-state index in [2.05, 4.69) is 39.1 Å². The number of rotatable bonds is 4. The van der Waals surface area contributed by atoms with Gasteiger partial charge in [0, 0.05) is 5.56 Å². The van der Waals surface area contributed by atoms with Crippen LogP contribution in [0.25, 0.3) is 0 Å². The van der Waals surface area contributed by atoms with Gasteiger partial charge < -0.3 is 4.74 Å². The van der Waals surface area contributed by atoms with Crippen LogP contribution in [0.5, 0.6) is 5.75 Å². The Bertz CT molecular complexity index is 692. The molecule has 2 rings (SSSR count). The molecule has 0 spiro atoms. The van der Waals surface area contributed by atoms with Gasteiger partial charge in [-0.15, -0.1) is 0 Å². The van der Waals surface area contributed by atoms with Crippen LogP contribution in [0.4, 0.5) is 0 Å². The van der Waals surface area contributed by atoms with Crippen molar-refractivity contribution in [2.45, 2.75) is 26.7 Å². The Morgan fingerprint density at radius 3 is 2.83 bits per heavy atom. The van der Waals surface area contributed by atoms with Gasteiger partial charge in [-0.05, 0) is 72.3 Å². The minimum Gasteiger partial charge on any atom is -0.496 e. The largest absolute Gasteiger partial charge is 0.496 e. The topological polar surface area (TPSA) is 50.7 Å². The fourth-order valence-corrected chi connectivity index (χ4v) is 2.95. The first-order chi connectivity index (χ1) is 10.9. The van der Waals surface area contributed by atoms with Gasteiger partial charge in [-0.1, -0.05) is 18.2 Å². The zero-order valence-corrected chi connectivity index (χ0v) is 15.2. The van der Waals surface area contributed by atoms with Crippen molar-refractivity contribution in [2.75, 3.05) is 7.11 Å². The van der Waals surface area contributed by atoms with Gasteiger partial charge in [-0.3, -0.25) is 4.79 Å². The average molecular weight is 377 g/mol. The van der Waals surface area contributed by atoms with E-state index in [0.717, 1.165) is 34.2 Å². The van der Waals surface area contributed by atoms with Crippen molar-refractivity contribution < 1.29 is 9.53 Å². The van der Waals surface area contributed by atoms with Crippen LogP contribution in [0, 0.1) is 5.92 Å². The Morgan fingerprint density at radius 1 is 1.48 bits per heavy atom. The van der Waals surface area contributed by atoms with Gasteiger partial charge >= 0.3 is 0 Å². The summed E-state index contributed by atoms with van der Waals surface area (Å²) in [4.78, 5) is 12.2. The number of ether oxygens (including phenoxy) is 1. The number of carbonyl (C=O) groups is 1. The second kappa shape index (κ2) is 7.59. The maximum absolute atomic E-state index is 12.2. The quantitative estimate of drug-likeness (QED) is 0.622. The molecule has 1 atom stereocenters. The molecule has 1 aromatic rings. The number of hydrazone groups is 1. The number of nitrogens with one attached hydrogen (secondary N) is 1. The Balaban J connectivity index is 2.11. The third kappa shape index (κ3) is 4.32. The number of benzene rings is 1. The summed E-state index contributed by atoms with van der Waals surface area (Å²) in [6.07, 6.45) is 3.95. The zero-order valence-electron chi connectivity index (χ0n) is 13.6. The first-order valence-corrected chi connectivity index (χ1v) is 8.24. The lowest BCUT2D eigenvalue weighted by Crippen LogP contribution is -2.23. The van der Waals surface area contributed by atoms with E-state index < -0.39 is 0 Å². The molecule has 0 bridgehead atoms. The second-order valence-electron chi connectivity index (χ2n) is 5.72. The summed E-state index contributed by atoms with van der Waals surface area (Å²) in [5.41, 5.74) is 6.33. The molecule has 1 amide bonds. The molecule has 1 N–H and O–H groups in total. The predicted octanol–water partition coefficient (Wildman–Crippen LogP) is 4.48. The fraction of sp³-hybridized carbons (Fsp3) is 0.333. The molecule has 1 aliphatic carbocycles. The number of nitrogens with zero attached hydrogens (tertiary/aromatic N) is 1. The maximum Gasteiger partial charge on any atom is 0.271 e. The molecule has 4 nitrogen and oxygen atoms in total. The minimum atomic E-state index is -0.244. The van der Waals surface area contributed by atoms with Gasteiger partial charge in [0.15, 0.2) is 0 Å². The van der Waals surface area contributed by atoms with Crippen molar-refractivity contribution in [1.29, 1.82) is 0 Å². The highest BCUT2D eigenvalue weighted by atomic mass is 79.9. The van der Waals surface area contributed by atoms with E-state index in [-0.39, 0.29) is 5.91 Å². The highest BCUT2D eigenvalue weighted by molar-refractivity contribution is 9.10. The monoisotopic (exact) mass is 376 g/mol. The molecule has 0 saturated carbocycles. The van der Waals surface area contributed by atoms with Crippen LogP contribution in [0.1, 0.15) is 37.0 Å². The van der Waals surface area contributed by atoms with Crippen molar-refractivity contribution in [2.24, 2.45) is 11.0 Å². The van der Waals surface area contributed by atoms with E-state index in [0.29, 0.717) is 17.2 Å². The van der Waals surface area contributed by atoms with Gasteiger partial charge in [0.2, 0.25) is 0 Å². The highest BCUT2D eigenvalue weighted by Crippen LogP contribution is 2.27. The van der Waals surface area contributed by atoms with E-state index in [1.165, 1.54) is 0 Å². The van der Waals surface area contributed by atoms with Crippen molar-refractivity contribution >= 4 is 27.5 Å². The van der Waals surface area contributed by atoms with Crippen molar-refractivity contribution in [3.63, 3.8) is 0 Å². The number of amides is 1. The Morgan fingerprint density at radius 2 is 2.22 bits per heavy atom. The van der Waals surface area contributed by atoms with Crippen LogP contribution < -0.4 is 10.2 Å². The number of halogens is 1. The number of carbonyl (C=O) groups excluding carboxylic acids is 1. The molecule has 5 heteroatoms. The number of methoxy groups -OCH3 is 1. The van der Waals surface area contributed by atoms with Crippen LogP contribution in [0.2, 0.25) is 0 Å². The van der Waals surface area contributed by atoms with Crippen LogP contribution in [-0.4, -0.2) is 18.7 Å². The number of hydrogen-bond donors (Lipinski definition) is 1. The SMILES string of the molecule is C=C(C)C1CC=C(C)/C(=N/NC(=O)c2ccc(OC)c(Br)c2)C1. The van der Waals surface area contributed by atoms with Crippen molar-refractivity contribution in [3.8, 4) is 5.75 Å². The van der Waals surface area contributed by atoms with Crippen molar-refractivity contribution in [1.82, 2.24) is 5.43 Å². The lowest BCUT2D eigenvalue weighted by molar-refractivity contribution is 0.0954. The van der Waals surface area contributed by atoms with Crippen LogP contribution in [0.15, 0.2) is 51.6 Å². The Hall–Kier alpha value is -1.88. The Labute approximate surface area is 145 Å². The normalized spacial score (nSPS) is 19.2. The standard InChI is InChI=1S/C18H21BrN2O2/c1-11(2)13-6-5-12(3)16(10-13)20-21-18(22)14-7-8-17(23-4)15(19)9-14/h5,7-9,13H,1,6,10H2,2-4H3,(H,21,22)/b20-16+. The molecule has 0 saturated heterocycles. The minimum absolute atomic E-state index is 0.244. The average Bonchev–Trinajstić information content (AvgIpc) is 2.53. The van der Waals surface area contributed by atoms with E-state index in [1.807, 2.05) is 13.8 Å². The zero-order chi connectivity index (χ0) is 17.0. The molecule has 0 radical (unpaired) electrons. The molecule has 122 valence electrons. The molecule has 1 aromatic carbocycles. The predicted molar refractivity (Wildman–Crippen MR) is 96.9 cm³/mol. The van der Waals surface area contributed by atoms with Crippen molar-refractivity contribution in [3.05, 3.63) is 52.0 Å². The lowest BCUT2D eigenvalue weighted by atomic mass is 9.85. The third-order valence-corrected chi connectivity index (χ3v) is 4.63. The number of allylic oxidation sites excluding steroid dienone is 3. The summed E-state index contributed by atoms with van der Waals surface area (Å²) < 4.78 is 5.89. The van der Waals surface area contributed by atoms with Gasteiger partial charge in [0.25, 0.3) is 5.91 Å². The molecule has 0 heterocycles. The summed E-state index contributed by atoms with van der Waals surface area (Å²) >= 11 is 3.38. The van der Waals surface area contributed by atoms with Gasteiger partial charge in [0.1, 0.15) is 5.75 Å². The highest BCUT2D eigenvalue weighted by Gasteiger charge is 2.19. The van der Waals surface area contributed by atoms with E-state index >= 15 is 0 Å². The van der Waals surface area contributed by atoms with Crippen LogP contribution in [0.3, 0.4) is 0 Å². The third-order valence-electron chi connectivity index (χ3n) is 4.01. The second-order valence-corrected chi connectivity index (χ2v) is 6.57. The summed E-state index contributed by atoms with van der Waals surface area (Å²) in [6, 6.07) is 5.17. The molecule has 1 unspecified atom stereocenters. The molecule has 23 heavy (non-hydrogen) atoms. The van der Waals surface area contributed by atoms with E-state index in [4.69, 9.17) is 4.74 Å². The molecule has 0 fully saturated rings. The van der Waals surface area contributed by atoms with Crippen LogP contribution >= 0.6 is 15.9 Å². The first kappa shape index (κ1) is 17.5. The molecular formula is C18H21BrN2O2. The van der Waals surface area contributed by atoms with E-state index in [1.54, 1.807) is 25.3 Å². The maximum atomic E-state index is 12.2. The molecule has 0 aromatic heterocycles. The van der Waals surface area contributed by atoms with Gasteiger partial charge in [-0.2, -0.15) is 5.10 Å². The lowest BCUT2D eigenvalue weighted by Gasteiger charge is -2.22. The summed E-state index contributed by atoms with van der Waals surface area (Å²) in [6.45, 7) is 8.07. The van der Waals surface area contributed by atoms with Gasteiger partial charge in [0.05, 0.1) is 17.3 Å².